The van der Waals surface area contributed by atoms with Crippen molar-refractivity contribution in [3.8, 4) is 11.4 Å². The lowest BCUT2D eigenvalue weighted by atomic mass is 10.1. The van der Waals surface area contributed by atoms with E-state index in [1.165, 1.54) is 22.9 Å². The molecule has 12 nitrogen and oxygen atoms in total. The van der Waals surface area contributed by atoms with E-state index in [0.29, 0.717) is 47.8 Å². The van der Waals surface area contributed by atoms with Gasteiger partial charge in [-0.25, -0.2) is 19.3 Å². The number of nitrogens with two attached hydrogens (primary N) is 1. The summed E-state index contributed by atoms with van der Waals surface area (Å²) in [5, 5.41) is 12.6. The third-order valence-electron chi connectivity index (χ3n) is 7.03. The van der Waals surface area contributed by atoms with Crippen LogP contribution < -0.4 is 11.1 Å². The van der Waals surface area contributed by atoms with Crippen LogP contribution in [-0.4, -0.2) is 85.6 Å². The smallest absolute Gasteiger partial charge is 0.255 e. The number of nitrogens with zero attached hydrogens (tertiary/aromatic N) is 6. The van der Waals surface area contributed by atoms with E-state index in [9.17, 15) is 19.1 Å². The molecule has 0 radical (unpaired) electrons. The van der Waals surface area contributed by atoms with E-state index in [2.05, 4.69) is 34.9 Å². The molecule has 0 spiro atoms. The molecule has 0 aliphatic carbocycles. The van der Waals surface area contributed by atoms with Crippen LogP contribution in [0.5, 0.6) is 0 Å². The zero-order valence-corrected chi connectivity index (χ0v) is 24.6. The maximum absolute atomic E-state index is 13.9. The van der Waals surface area contributed by atoms with E-state index in [1.807, 2.05) is 0 Å². The van der Waals surface area contributed by atoms with Crippen LogP contribution in [0.25, 0.3) is 28.1 Å². The normalized spacial score (nSPS) is 15.0. The van der Waals surface area contributed by atoms with Crippen molar-refractivity contribution in [2.24, 2.45) is 5.73 Å². The number of amides is 2. The van der Waals surface area contributed by atoms with Gasteiger partial charge in [-0.3, -0.25) is 14.0 Å². The monoisotopic (exact) mass is 582 g/mol. The van der Waals surface area contributed by atoms with Crippen molar-refractivity contribution in [2.75, 3.05) is 19.7 Å². The highest BCUT2D eigenvalue weighted by molar-refractivity contribution is 6.76. The molecule has 1 fully saturated rings. The Labute approximate surface area is 237 Å². The van der Waals surface area contributed by atoms with Gasteiger partial charge in [-0.05, 0) is 25.1 Å². The van der Waals surface area contributed by atoms with Crippen LogP contribution in [0.3, 0.4) is 0 Å². The lowest BCUT2D eigenvalue weighted by Gasteiger charge is -2.38. The summed E-state index contributed by atoms with van der Waals surface area (Å²) in [5.74, 6) is -0.938. The SMILES string of the molecule is C[C@@H](NC(=O)c1cn(COCC[Si](C)(C)C)c2ncc(-c3nc(CO)n4cc(F)ccc34)nc12)C(=O)N1CC(N)C1. The van der Waals surface area contributed by atoms with Gasteiger partial charge < -0.3 is 30.4 Å². The highest BCUT2D eigenvalue weighted by atomic mass is 28.3. The van der Waals surface area contributed by atoms with Gasteiger partial charge in [0, 0.05) is 46.2 Å². The van der Waals surface area contributed by atoms with Crippen molar-refractivity contribution in [1.29, 1.82) is 0 Å². The lowest BCUT2D eigenvalue weighted by Crippen LogP contribution is -2.61. The van der Waals surface area contributed by atoms with Crippen molar-refractivity contribution in [2.45, 2.75) is 58.0 Å². The second-order valence-corrected chi connectivity index (χ2v) is 17.2. The number of imidazole rings is 1. The topological polar surface area (TPSA) is 153 Å². The Kier molecular flexibility index (Phi) is 7.92. The Hall–Kier alpha value is -3.72. The molecule has 2 amide bonds. The molecule has 14 heteroatoms. The van der Waals surface area contributed by atoms with Gasteiger partial charge in [0.05, 0.1) is 17.3 Å². The standard InChI is InChI=1S/C27H35FN8O4Si/c1-16(27(39)34-11-18(29)12-34)31-26(38)19-13-35(15-40-7-8-41(2,3)4)25-23(19)32-20(9-30-25)24-21-6-5-17(28)10-36(21)22(14-37)33-24/h5-6,9-10,13,16,18,37H,7-8,11-12,14-15,29H2,1-4H3,(H,31,38)/t16-/m1/s1. The van der Waals surface area contributed by atoms with Crippen LogP contribution in [0.4, 0.5) is 4.39 Å². The molecule has 1 atom stereocenters. The molecule has 5 heterocycles. The van der Waals surface area contributed by atoms with Crippen molar-refractivity contribution in [3.05, 3.63) is 47.9 Å². The van der Waals surface area contributed by atoms with Gasteiger partial charge in [0.15, 0.2) is 5.65 Å². The maximum atomic E-state index is 13.9. The molecule has 218 valence electrons. The van der Waals surface area contributed by atoms with Gasteiger partial charge >= 0.3 is 0 Å². The number of hydrogen-bond donors (Lipinski definition) is 3. The molecule has 0 bridgehead atoms. The predicted octanol–water partition coefficient (Wildman–Crippen LogP) is 1.98. The van der Waals surface area contributed by atoms with E-state index in [-0.39, 0.29) is 30.1 Å². The summed E-state index contributed by atoms with van der Waals surface area (Å²) in [6.07, 6.45) is 4.38. The fourth-order valence-corrected chi connectivity index (χ4v) is 5.45. The van der Waals surface area contributed by atoms with Crippen LogP contribution in [0.1, 0.15) is 23.1 Å². The molecule has 0 unspecified atom stereocenters. The molecular formula is C27H35FN8O4Si. The number of aromatic nitrogens is 5. The molecule has 1 aliphatic heterocycles. The molecular weight excluding hydrogens is 547 g/mol. The first-order valence-corrected chi connectivity index (χ1v) is 17.2. The number of likely N-dealkylation sites (tertiary alicyclic amines) is 1. The Balaban J connectivity index is 1.50. The van der Waals surface area contributed by atoms with E-state index in [1.54, 1.807) is 28.7 Å². The average Bonchev–Trinajstić information content (AvgIpc) is 3.45. The van der Waals surface area contributed by atoms with Crippen LogP contribution >= 0.6 is 0 Å². The Morgan fingerprint density at radius 2 is 2.00 bits per heavy atom. The number of aliphatic hydroxyl groups excluding tert-OH is 1. The molecule has 0 saturated carbocycles. The van der Waals surface area contributed by atoms with Crippen LogP contribution in [0.15, 0.2) is 30.7 Å². The first-order chi connectivity index (χ1) is 19.4. The van der Waals surface area contributed by atoms with E-state index >= 15 is 0 Å². The summed E-state index contributed by atoms with van der Waals surface area (Å²) in [6, 6.07) is 3.01. The van der Waals surface area contributed by atoms with Gasteiger partial charge in [0.25, 0.3) is 5.91 Å². The summed E-state index contributed by atoms with van der Waals surface area (Å²) in [5.41, 5.74) is 8.00. The fraction of sp³-hybridized carbons (Fsp3) is 0.444. The highest BCUT2D eigenvalue weighted by Crippen LogP contribution is 2.27. The number of carbonyl (C=O) groups is 2. The van der Waals surface area contributed by atoms with Gasteiger partial charge in [0.1, 0.15) is 47.9 Å². The number of rotatable bonds is 10. The molecule has 4 N–H and O–H groups in total. The molecule has 4 aromatic rings. The third kappa shape index (κ3) is 6.00. The molecule has 0 aromatic carbocycles. The first-order valence-electron chi connectivity index (χ1n) is 13.5. The quantitative estimate of drug-likeness (QED) is 0.190. The summed E-state index contributed by atoms with van der Waals surface area (Å²) >= 11 is 0. The van der Waals surface area contributed by atoms with Gasteiger partial charge in [-0.1, -0.05) is 19.6 Å². The van der Waals surface area contributed by atoms with Crippen LogP contribution in [0.2, 0.25) is 25.7 Å². The summed E-state index contributed by atoms with van der Waals surface area (Å²) < 4.78 is 23.0. The maximum Gasteiger partial charge on any atom is 0.255 e. The molecule has 1 saturated heterocycles. The van der Waals surface area contributed by atoms with Crippen molar-refractivity contribution in [3.63, 3.8) is 0 Å². The van der Waals surface area contributed by atoms with E-state index in [4.69, 9.17) is 15.5 Å². The number of pyridine rings is 1. The Morgan fingerprint density at radius 3 is 2.68 bits per heavy atom. The Morgan fingerprint density at radius 1 is 1.24 bits per heavy atom. The molecule has 5 rings (SSSR count). The predicted molar refractivity (Wildman–Crippen MR) is 153 cm³/mol. The molecule has 1 aliphatic rings. The minimum absolute atomic E-state index is 0.0450. The fourth-order valence-electron chi connectivity index (χ4n) is 4.70. The van der Waals surface area contributed by atoms with Crippen molar-refractivity contribution in [1.82, 2.24) is 34.1 Å². The molecule has 4 aromatic heterocycles. The van der Waals surface area contributed by atoms with Crippen LogP contribution in [-0.2, 0) is 22.9 Å². The second kappa shape index (κ2) is 11.3. The minimum Gasteiger partial charge on any atom is -0.388 e. The van der Waals surface area contributed by atoms with Crippen molar-refractivity contribution < 1.29 is 23.8 Å². The number of ether oxygens (including phenoxy) is 1. The molecule has 41 heavy (non-hydrogen) atoms. The second-order valence-electron chi connectivity index (χ2n) is 11.6. The minimum atomic E-state index is -1.30. The third-order valence-corrected chi connectivity index (χ3v) is 8.74. The number of aliphatic hydroxyl groups is 1. The summed E-state index contributed by atoms with van der Waals surface area (Å²) in [7, 11) is -1.30. The first kappa shape index (κ1) is 28.8. The average molecular weight is 583 g/mol. The van der Waals surface area contributed by atoms with E-state index < -0.39 is 32.4 Å². The zero-order valence-electron chi connectivity index (χ0n) is 23.6. The zero-order chi connectivity index (χ0) is 29.5. The van der Waals surface area contributed by atoms with E-state index in [0.717, 1.165) is 6.04 Å². The van der Waals surface area contributed by atoms with Gasteiger partial charge in [0.2, 0.25) is 5.91 Å². The number of nitrogens with one attached hydrogen (secondary N) is 1. The van der Waals surface area contributed by atoms with Crippen molar-refractivity contribution >= 4 is 36.6 Å². The summed E-state index contributed by atoms with van der Waals surface area (Å²) in [6.45, 7) is 9.69. The number of halogens is 1. The highest BCUT2D eigenvalue weighted by Gasteiger charge is 2.32. The number of hydrogen-bond acceptors (Lipinski definition) is 8. The number of carbonyl (C=O) groups excluding carboxylic acids is 2. The number of fused-ring (bicyclic) bond motifs is 2. The van der Waals surface area contributed by atoms with Gasteiger partial charge in [-0.15, -0.1) is 0 Å². The lowest BCUT2D eigenvalue weighted by molar-refractivity contribution is -0.137. The van der Waals surface area contributed by atoms with Gasteiger partial charge in [-0.2, -0.15) is 0 Å². The van der Waals surface area contributed by atoms with Crippen LogP contribution in [0, 0.1) is 5.82 Å². The Bertz CT molecular complexity index is 1610. The summed E-state index contributed by atoms with van der Waals surface area (Å²) in [4.78, 5) is 41.6. The largest absolute Gasteiger partial charge is 0.388 e.